The standard InChI is InChI=1S/C89H65F6N3O2/c90-88(91,92)56-44-48-59(49-45-56)97(77-42-20-36-69-67-34-18-32-61(83(67)99-85(69)77)54-22-4-1-5-23-54)79-52-73-81(65-30-12-10-28-63(65)79)82-66-31-13-11-29-64(66)80(53-74(82)87(73)71-38-14-16-40-75(71)96(58-26-8-3-9-27-58)76-41-17-15-39-72(76)87)98(60-50-46-57(47-51-60)89(93,94)95)78-43-21-37-70-68-35-19-33-62(84(68)100-86(70)78)55-24-6-2-7-25-55/h3,8-21,26-55H,1-2,4-7,22-25H2. The molecule has 0 saturated heterocycles. The average molecular weight is 1320 g/mol. The van der Waals surface area contributed by atoms with Crippen LogP contribution in [0.1, 0.15) is 121 Å². The van der Waals surface area contributed by atoms with Crippen molar-refractivity contribution >= 4 is 117 Å². The third-order valence-corrected chi connectivity index (χ3v) is 22.2. The van der Waals surface area contributed by atoms with E-state index in [-0.39, 0.29) is 0 Å². The summed E-state index contributed by atoms with van der Waals surface area (Å²) in [7, 11) is 0. The van der Waals surface area contributed by atoms with Crippen molar-refractivity contribution in [2.24, 2.45) is 0 Å². The predicted octanol–water partition coefficient (Wildman–Crippen LogP) is 27.0. The fourth-order valence-corrected chi connectivity index (χ4v) is 17.9. The summed E-state index contributed by atoms with van der Waals surface area (Å²) in [4.78, 5) is 6.53. The van der Waals surface area contributed by atoms with Crippen molar-refractivity contribution in [3.8, 4) is 11.1 Å². The second-order valence-electron chi connectivity index (χ2n) is 27.6. The molecule has 1 aliphatic heterocycles. The molecule has 2 saturated carbocycles. The van der Waals surface area contributed by atoms with E-state index in [1.165, 1.54) is 48.2 Å². The van der Waals surface area contributed by atoms with Gasteiger partial charge >= 0.3 is 12.4 Å². The van der Waals surface area contributed by atoms with E-state index in [0.717, 1.165) is 156 Å². The molecular weight excluding hydrogens is 1260 g/mol. The number of nitrogens with zero attached hydrogens (tertiary/aromatic N) is 3. The first kappa shape index (κ1) is 60.2. The number of fused-ring (bicyclic) bond motifs is 19. The number of benzene rings is 13. The molecule has 5 nitrogen and oxygen atoms in total. The average Bonchev–Trinajstić information content (AvgIpc) is 1.48. The summed E-state index contributed by atoms with van der Waals surface area (Å²) in [6.07, 6.45) is 1.97. The molecule has 11 heteroatoms. The van der Waals surface area contributed by atoms with E-state index in [2.05, 4.69) is 172 Å². The van der Waals surface area contributed by atoms with Crippen LogP contribution in [0.2, 0.25) is 0 Å². The highest BCUT2D eigenvalue weighted by Gasteiger charge is 2.54. The van der Waals surface area contributed by atoms with Gasteiger partial charge in [-0.1, -0.05) is 202 Å². The number of rotatable bonds is 9. The molecule has 3 aliphatic carbocycles. The van der Waals surface area contributed by atoms with Gasteiger partial charge in [0.15, 0.2) is 11.2 Å². The van der Waals surface area contributed by atoms with Gasteiger partial charge in [-0.3, -0.25) is 0 Å². The second kappa shape index (κ2) is 23.0. The minimum atomic E-state index is -4.61. The monoisotopic (exact) mass is 1320 g/mol. The molecule has 4 aliphatic rings. The Bertz CT molecular complexity index is 5420. The van der Waals surface area contributed by atoms with Gasteiger partial charge in [-0.05, 0) is 190 Å². The number of anilines is 9. The third-order valence-electron chi connectivity index (χ3n) is 22.2. The van der Waals surface area contributed by atoms with Gasteiger partial charge in [-0.2, -0.15) is 26.3 Å². The smallest absolute Gasteiger partial charge is 0.416 e. The Balaban J connectivity index is 0.941. The first-order valence-corrected chi connectivity index (χ1v) is 34.9. The van der Waals surface area contributed by atoms with Crippen molar-refractivity contribution in [1.82, 2.24) is 0 Å². The molecule has 15 aromatic rings. The summed E-state index contributed by atoms with van der Waals surface area (Å²) in [6.45, 7) is 0. The zero-order chi connectivity index (χ0) is 67.2. The van der Waals surface area contributed by atoms with Crippen LogP contribution in [0.25, 0.3) is 76.5 Å². The molecule has 0 N–H and O–H groups in total. The number of alkyl halides is 6. The highest BCUT2D eigenvalue weighted by Crippen LogP contribution is 2.68. The summed E-state index contributed by atoms with van der Waals surface area (Å²) in [6, 6.07) is 84.9. The van der Waals surface area contributed by atoms with E-state index in [1.54, 1.807) is 24.3 Å². The predicted molar refractivity (Wildman–Crippen MR) is 393 cm³/mol. The van der Waals surface area contributed by atoms with E-state index in [0.29, 0.717) is 57.1 Å². The van der Waals surface area contributed by atoms with Gasteiger partial charge in [-0.15, -0.1) is 0 Å². The van der Waals surface area contributed by atoms with Crippen LogP contribution in [0.4, 0.5) is 77.5 Å². The molecule has 0 radical (unpaired) electrons. The Hall–Kier alpha value is -11.0. The van der Waals surface area contributed by atoms with Crippen LogP contribution in [0.3, 0.4) is 0 Å². The number of halogens is 6. The van der Waals surface area contributed by atoms with Gasteiger partial charge in [0.05, 0.1) is 50.7 Å². The van der Waals surface area contributed by atoms with Crippen LogP contribution in [0.5, 0.6) is 0 Å². The van der Waals surface area contributed by atoms with Crippen molar-refractivity contribution < 1.29 is 35.2 Å². The van der Waals surface area contributed by atoms with Gasteiger partial charge in [0.2, 0.25) is 0 Å². The summed E-state index contributed by atoms with van der Waals surface area (Å²) < 4.78 is 104. The first-order chi connectivity index (χ1) is 48.9. The Morgan fingerprint density at radius 2 is 0.680 bits per heavy atom. The lowest BCUT2D eigenvalue weighted by Gasteiger charge is -2.45. The van der Waals surface area contributed by atoms with Crippen LogP contribution < -0.4 is 14.7 Å². The zero-order valence-electron chi connectivity index (χ0n) is 54.5. The third kappa shape index (κ3) is 9.15. The summed E-state index contributed by atoms with van der Waals surface area (Å²) in [5.74, 6) is 0.642. The van der Waals surface area contributed by atoms with Gasteiger partial charge < -0.3 is 23.5 Å². The van der Waals surface area contributed by atoms with Crippen LogP contribution in [0, 0.1) is 0 Å². The minimum absolute atomic E-state index is 0.321. The van der Waals surface area contributed by atoms with E-state index in [4.69, 9.17) is 8.83 Å². The molecule has 0 bridgehead atoms. The van der Waals surface area contributed by atoms with Crippen LogP contribution in [-0.4, -0.2) is 0 Å². The maximum atomic E-state index is 14.9. The number of para-hydroxylation sites is 7. The largest absolute Gasteiger partial charge is 0.454 e. The molecular formula is C89H65F6N3O2. The van der Waals surface area contributed by atoms with Crippen LogP contribution >= 0.6 is 0 Å². The van der Waals surface area contributed by atoms with Gasteiger partial charge in [0, 0.05) is 49.4 Å². The van der Waals surface area contributed by atoms with Crippen LogP contribution in [0.15, 0.2) is 270 Å². The van der Waals surface area contributed by atoms with E-state index in [9.17, 15) is 26.3 Å². The molecule has 100 heavy (non-hydrogen) atoms. The van der Waals surface area contributed by atoms with Crippen molar-refractivity contribution in [3.63, 3.8) is 0 Å². The van der Waals surface area contributed by atoms with E-state index < -0.39 is 28.9 Å². The topological polar surface area (TPSA) is 36.0 Å². The Morgan fingerprint density at radius 1 is 0.320 bits per heavy atom. The van der Waals surface area contributed by atoms with Gasteiger partial charge in [0.25, 0.3) is 0 Å². The molecule has 490 valence electrons. The summed E-state index contributed by atoms with van der Waals surface area (Å²) >= 11 is 0. The molecule has 3 heterocycles. The molecule has 0 amide bonds. The summed E-state index contributed by atoms with van der Waals surface area (Å²) in [5, 5.41) is 7.24. The lowest BCUT2D eigenvalue weighted by Crippen LogP contribution is -2.36. The Labute approximate surface area is 573 Å². The molecule has 19 rings (SSSR count). The van der Waals surface area contributed by atoms with Gasteiger partial charge in [0.1, 0.15) is 11.2 Å². The lowest BCUT2D eigenvalue weighted by molar-refractivity contribution is -0.138. The quantitative estimate of drug-likeness (QED) is 0.135. The minimum Gasteiger partial charge on any atom is -0.454 e. The van der Waals surface area contributed by atoms with Crippen molar-refractivity contribution in [3.05, 3.63) is 305 Å². The fraction of sp³-hybridized carbons (Fsp3) is 0.169. The molecule has 0 atom stereocenters. The maximum absolute atomic E-state index is 14.9. The highest BCUT2D eigenvalue weighted by atomic mass is 19.4. The molecule has 2 fully saturated rings. The first-order valence-electron chi connectivity index (χ1n) is 34.9. The van der Waals surface area contributed by atoms with E-state index >= 15 is 0 Å². The van der Waals surface area contributed by atoms with Crippen molar-refractivity contribution in [1.29, 1.82) is 0 Å². The highest BCUT2D eigenvalue weighted by molar-refractivity contribution is 6.21. The second-order valence-corrected chi connectivity index (χ2v) is 27.6. The normalized spacial score (nSPS) is 15.5. The van der Waals surface area contributed by atoms with Gasteiger partial charge in [-0.25, -0.2) is 0 Å². The van der Waals surface area contributed by atoms with Crippen molar-refractivity contribution in [2.45, 2.75) is 93.8 Å². The van der Waals surface area contributed by atoms with Crippen LogP contribution in [-0.2, 0) is 17.8 Å². The van der Waals surface area contributed by atoms with E-state index in [1.807, 2.05) is 54.6 Å². The summed E-state index contributed by atoms with van der Waals surface area (Å²) in [5.41, 5.74) is 14.7. The SMILES string of the molecule is FC(F)(F)c1ccc(N(c2cc3c(c4ccccc24)-c2c(cc(N(c4ccc(C(F)(F)F)cc4)c4cccc5c4oc4c(C6CCCCC6)cccc45)c4ccccc24)C32c3ccccc3N(c3ccccc3)c3ccccc32)c2cccc3c2oc2c(C4CCCCC4)cccc23)cc1. The lowest BCUT2D eigenvalue weighted by atomic mass is 9.64. The molecule has 2 aromatic heterocycles. The number of hydrogen-bond donors (Lipinski definition) is 0. The maximum Gasteiger partial charge on any atom is 0.416 e. The zero-order valence-corrected chi connectivity index (χ0v) is 54.5. The van der Waals surface area contributed by atoms with Crippen molar-refractivity contribution in [2.75, 3.05) is 14.7 Å². The molecule has 13 aromatic carbocycles. The number of furan rings is 2. The number of hydrogen-bond acceptors (Lipinski definition) is 5. The Morgan fingerprint density at radius 3 is 1.10 bits per heavy atom. The fourth-order valence-electron chi connectivity index (χ4n) is 17.9. The molecule has 0 unspecified atom stereocenters. The Kier molecular flexibility index (Phi) is 13.9. The molecule has 1 spiro atoms.